The summed E-state index contributed by atoms with van der Waals surface area (Å²) in [6, 6.07) is 12.7. The second-order valence-corrected chi connectivity index (χ2v) is 7.68. The fraction of sp³-hybridized carbons (Fsp3) is 0.333. The fourth-order valence-corrected chi connectivity index (χ4v) is 2.71. The van der Waals surface area contributed by atoms with Gasteiger partial charge in [0.2, 0.25) is 0 Å². The molecule has 0 spiro atoms. The second-order valence-electron chi connectivity index (χ2n) is 6.83. The van der Waals surface area contributed by atoms with Gasteiger partial charge in [-0.05, 0) is 69.6 Å². The van der Waals surface area contributed by atoms with E-state index in [1.807, 2.05) is 45.9 Å². The quantitative estimate of drug-likeness (QED) is 0.710. The van der Waals surface area contributed by atoms with Crippen LogP contribution in [0.4, 0.5) is 0 Å². The zero-order valence-electron chi connectivity index (χ0n) is 14.1. The van der Waals surface area contributed by atoms with Crippen molar-refractivity contribution in [1.82, 2.24) is 0 Å². The van der Waals surface area contributed by atoms with E-state index >= 15 is 0 Å². The molecular weight excluding hydrogens is 346 g/mol. The molecule has 0 aromatic heterocycles. The first-order valence-electron chi connectivity index (χ1n) is 7.76. The van der Waals surface area contributed by atoms with Crippen molar-refractivity contribution >= 4 is 35.8 Å². The van der Waals surface area contributed by atoms with E-state index < -0.39 is 7.12 Å². The molecule has 24 heavy (non-hydrogen) atoms. The van der Waals surface area contributed by atoms with Crippen molar-refractivity contribution in [2.24, 2.45) is 0 Å². The van der Waals surface area contributed by atoms with Crippen LogP contribution in [-0.4, -0.2) is 18.3 Å². The first kappa shape index (κ1) is 17.6. The summed E-state index contributed by atoms with van der Waals surface area (Å²) in [5.74, 6) is 1.24. The van der Waals surface area contributed by atoms with Gasteiger partial charge in [-0.15, -0.1) is 0 Å². The molecule has 1 saturated heterocycles. The largest absolute Gasteiger partial charge is 0.494 e. The van der Waals surface area contributed by atoms with Gasteiger partial charge in [0.15, 0.2) is 0 Å². The number of halogens is 2. The summed E-state index contributed by atoms with van der Waals surface area (Å²) in [7, 11) is -0.447. The Hall–Kier alpha value is -1.20. The first-order chi connectivity index (χ1) is 11.2. The third kappa shape index (κ3) is 3.43. The van der Waals surface area contributed by atoms with Crippen LogP contribution in [-0.2, 0) is 9.31 Å². The fourth-order valence-electron chi connectivity index (χ4n) is 2.36. The second kappa shape index (κ2) is 6.27. The molecule has 0 aliphatic carbocycles. The minimum absolute atomic E-state index is 0.386. The molecule has 0 atom stereocenters. The number of benzene rings is 2. The Morgan fingerprint density at radius 3 is 2.00 bits per heavy atom. The van der Waals surface area contributed by atoms with Gasteiger partial charge in [-0.2, -0.15) is 0 Å². The molecular formula is C18H19BCl2O3. The van der Waals surface area contributed by atoms with Gasteiger partial charge in [0.25, 0.3) is 0 Å². The van der Waals surface area contributed by atoms with Crippen LogP contribution in [0.1, 0.15) is 27.7 Å². The van der Waals surface area contributed by atoms with Crippen molar-refractivity contribution < 1.29 is 14.0 Å². The summed E-state index contributed by atoms with van der Waals surface area (Å²) in [5, 5.41) is 1.15. The van der Waals surface area contributed by atoms with E-state index in [0.29, 0.717) is 21.5 Å². The first-order valence-corrected chi connectivity index (χ1v) is 8.52. The lowest BCUT2D eigenvalue weighted by Gasteiger charge is -2.32. The average Bonchev–Trinajstić information content (AvgIpc) is 2.72. The van der Waals surface area contributed by atoms with E-state index in [4.69, 9.17) is 37.2 Å². The highest BCUT2D eigenvalue weighted by Crippen LogP contribution is 2.37. The van der Waals surface area contributed by atoms with E-state index in [1.165, 1.54) is 0 Å². The molecule has 3 nitrogen and oxygen atoms in total. The van der Waals surface area contributed by atoms with Crippen molar-refractivity contribution in [3.63, 3.8) is 0 Å². The molecule has 0 bridgehead atoms. The van der Waals surface area contributed by atoms with Crippen LogP contribution in [0.5, 0.6) is 11.5 Å². The Morgan fingerprint density at radius 2 is 1.46 bits per heavy atom. The monoisotopic (exact) mass is 364 g/mol. The van der Waals surface area contributed by atoms with Crippen LogP contribution < -0.4 is 10.2 Å². The predicted octanol–water partition coefficient (Wildman–Crippen LogP) is 5.08. The molecule has 0 amide bonds. The lowest BCUT2D eigenvalue weighted by molar-refractivity contribution is 0.00578. The number of hydrogen-bond acceptors (Lipinski definition) is 3. The van der Waals surface area contributed by atoms with Crippen molar-refractivity contribution in [1.29, 1.82) is 0 Å². The van der Waals surface area contributed by atoms with Crippen LogP contribution in [0.25, 0.3) is 0 Å². The topological polar surface area (TPSA) is 27.7 Å². The Balaban J connectivity index is 1.79. The van der Waals surface area contributed by atoms with E-state index in [0.717, 1.165) is 5.46 Å². The van der Waals surface area contributed by atoms with Gasteiger partial charge < -0.3 is 14.0 Å². The molecule has 0 unspecified atom stereocenters. The van der Waals surface area contributed by atoms with E-state index in [9.17, 15) is 0 Å². The lowest BCUT2D eigenvalue weighted by atomic mass is 9.79. The molecule has 1 heterocycles. The van der Waals surface area contributed by atoms with Crippen LogP contribution in [0.3, 0.4) is 0 Å². The predicted molar refractivity (Wildman–Crippen MR) is 98.7 cm³/mol. The van der Waals surface area contributed by atoms with Crippen molar-refractivity contribution in [2.75, 3.05) is 0 Å². The van der Waals surface area contributed by atoms with Crippen molar-refractivity contribution in [3.05, 3.63) is 52.5 Å². The van der Waals surface area contributed by atoms with Crippen LogP contribution in [0.15, 0.2) is 42.5 Å². The minimum Gasteiger partial charge on any atom is -0.456 e. The molecule has 3 rings (SSSR count). The van der Waals surface area contributed by atoms with Gasteiger partial charge in [-0.25, -0.2) is 0 Å². The number of ether oxygens (including phenoxy) is 1. The van der Waals surface area contributed by atoms with E-state index in [-0.39, 0.29) is 11.2 Å². The molecule has 2 aromatic carbocycles. The highest BCUT2D eigenvalue weighted by atomic mass is 35.5. The molecule has 0 saturated carbocycles. The maximum atomic E-state index is 6.37. The van der Waals surface area contributed by atoms with Crippen LogP contribution in [0, 0.1) is 0 Å². The third-order valence-corrected chi connectivity index (χ3v) is 5.07. The van der Waals surface area contributed by atoms with E-state index in [1.54, 1.807) is 24.3 Å². The normalized spacial score (nSPS) is 18.7. The molecule has 1 fully saturated rings. The highest BCUT2D eigenvalue weighted by molar-refractivity contribution is 6.62. The molecule has 2 aromatic rings. The zero-order valence-corrected chi connectivity index (χ0v) is 15.6. The minimum atomic E-state index is -0.447. The smallest absolute Gasteiger partial charge is 0.456 e. The van der Waals surface area contributed by atoms with E-state index in [2.05, 4.69) is 0 Å². The van der Waals surface area contributed by atoms with Gasteiger partial charge in [-0.1, -0.05) is 29.3 Å². The standard InChI is InChI=1S/C18H19BCl2O3/c1-17(2)18(3,4)24-19(23-17)12-5-10-16(15(21)11-12)22-14-8-6-13(20)7-9-14/h5-11H,1-4H3. The molecule has 126 valence electrons. The summed E-state index contributed by atoms with van der Waals surface area (Å²) in [5.41, 5.74) is 0.0905. The Labute approximate surface area is 153 Å². The molecule has 1 aliphatic heterocycles. The molecule has 0 radical (unpaired) electrons. The SMILES string of the molecule is CC1(C)OB(c2ccc(Oc3ccc(Cl)cc3)c(Cl)c2)OC1(C)C. The van der Waals surface area contributed by atoms with Gasteiger partial charge in [-0.3, -0.25) is 0 Å². The van der Waals surface area contributed by atoms with Crippen LogP contribution >= 0.6 is 23.2 Å². The number of hydrogen-bond donors (Lipinski definition) is 0. The maximum absolute atomic E-state index is 6.37. The summed E-state index contributed by atoms with van der Waals surface area (Å²) in [6.07, 6.45) is 0. The molecule has 1 aliphatic rings. The highest BCUT2D eigenvalue weighted by Gasteiger charge is 2.51. The van der Waals surface area contributed by atoms with Gasteiger partial charge >= 0.3 is 7.12 Å². The van der Waals surface area contributed by atoms with Gasteiger partial charge in [0.05, 0.1) is 16.2 Å². The lowest BCUT2D eigenvalue weighted by Crippen LogP contribution is -2.41. The Bertz CT molecular complexity index is 728. The average molecular weight is 365 g/mol. The summed E-state index contributed by atoms with van der Waals surface area (Å²) in [4.78, 5) is 0. The van der Waals surface area contributed by atoms with Crippen molar-refractivity contribution in [2.45, 2.75) is 38.9 Å². The third-order valence-electron chi connectivity index (χ3n) is 4.52. The summed E-state index contributed by atoms with van der Waals surface area (Å²) >= 11 is 12.2. The molecule has 6 heteroatoms. The molecule has 0 N–H and O–H groups in total. The maximum Gasteiger partial charge on any atom is 0.494 e. The van der Waals surface area contributed by atoms with Crippen LogP contribution in [0.2, 0.25) is 10.0 Å². The number of rotatable bonds is 3. The van der Waals surface area contributed by atoms with Gasteiger partial charge in [0.1, 0.15) is 11.5 Å². The summed E-state index contributed by atoms with van der Waals surface area (Å²) in [6.45, 7) is 8.08. The zero-order chi connectivity index (χ0) is 17.5. The van der Waals surface area contributed by atoms with Gasteiger partial charge in [0, 0.05) is 5.02 Å². The summed E-state index contributed by atoms with van der Waals surface area (Å²) < 4.78 is 17.9. The Morgan fingerprint density at radius 1 is 0.875 bits per heavy atom. The Kier molecular flexibility index (Phi) is 4.60. The van der Waals surface area contributed by atoms with Crippen molar-refractivity contribution in [3.8, 4) is 11.5 Å².